The number of carbonyl (C=O) groups excluding carboxylic acids is 1. The van der Waals surface area contributed by atoms with Crippen molar-refractivity contribution in [3.05, 3.63) is 11.6 Å². The molecule has 0 aliphatic heterocycles. The second-order valence-corrected chi connectivity index (χ2v) is 15.4. The van der Waals surface area contributed by atoms with Crippen molar-refractivity contribution in [3.8, 4) is 12.3 Å². The molecule has 0 amide bonds. The number of carboxylic acids is 1. The molecule has 37 heavy (non-hydrogen) atoms. The van der Waals surface area contributed by atoms with Crippen molar-refractivity contribution >= 4 is 11.8 Å². The monoisotopic (exact) mass is 508 g/mol. The molecular formula is C33H48O4. The zero-order chi connectivity index (χ0) is 27.2. The molecule has 9 atom stereocenters. The molecule has 5 rings (SSSR count). The fraction of sp³-hybridized carbons (Fsp3) is 0.818. The molecule has 4 nitrogen and oxygen atoms in total. The van der Waals surface area contributed by atoms with Crippen LogP contribution in [0, 0.1) is 62.6 Å². The smallest absolute Gasteiger partial charge is 0.309 e. The van der Waals surface area contributed by atoms with E-state index in [1.54, 1.807) is 0 Å². The van der Waals surface area contributed by atoms with E-state index in [2.05, 4.69) is 47.5 Å². The Kier molecular flexibility index (Phi) is 5.98. The molecule has 0 radical (unpaired) electrons. The Bertz CT molecular complexity index is 1080. The summed E-state index contributed by atoms with van der Waals surface area (Å²) < 4.78 is 6.16. The van der Waals surface area contributed by atoms with Crippen LogP contribution >= 0.6 is 0 Å². The third-order valence-electron chi connectivity index (χ3n) is 13.4. The van der Waals surface area contributed by atoms with Gasteiger partial charge in [0, 0.05) is 5.92 Å². The number of carbonyl (C=O) groups is 2. The molecule has 0 heterocycles. The van der Waals surface area contributed by atoms with Crippen LogP contribution in [0.1, 0.15) is 106 Å². The first-order chi connectivity index (χ1) is 17.1. The average molecular weight is 509 g/mol. The number of allylic oxidation sites excluding steroid dienone is 2. The number of hydrogen-bond acceptors (Lipinski definition) is 3. The van der Waals surface area contributed by atoms with Crippen LogP contribution in [0.3, 0.4) is 0 Å². The summed E-state index contributed by atoms with van der Waals surface area (Å²) in [5.41, 5.74) is 0.311. The van der Waals surface area contributed by atoms with Crippen LogP contribution in [0.2, 0.25) is 0 Å². The summed E-state index contributed by atoms with van der Waals surface area (Å²) in [6.45, 7) is 16.5. The van der Waals surface area contributed by atoms with Gasteiger partial charge in [0.2, 0.25) is 0 Å². The highest BCUT2D eigenvalue weighted by atomic mass is 16.5. The third kappa shape index (κ3) is 3.44. The molecule has 5 aliphatic carbocycles. The topological polar surface area (TPSA) is 63.6 Å². The van der Waals surface area contributed by atoms with Gasteiger partial charge in [-0.1, -0.05) is 53.0 Å². The number of aliphatic carboxylic acids is 1. The molecule has 5 aliphatic rings. The number of fused-ring (bicyclic) bond motifs is 7. The minimum atomic E-state index is -0.714. The van der Waals surface area contributed by atoms with Gasteiger partial charge < -0.3 is 9.84 Å². The molecule has 4 saturated carbocycles. The zero-order valence-electron chi connectivity index (χ0n) is 24.2. The molecule has 4 heteroatoms. The summed E-state index contributed by atoms with van der Waals surface area (Å²) in [6.07, 6.45) is 16.2. The van der Waals surface area contributed by atoms with E-state index in [1.165, 1.54) is 5.57 Å². The van der Waals surface area contributed by atoms with Crippen molar-refractivity contribution in [1.29, 1.82) is 0 Å². The van der Waals surface area contributed by atoms with Crippen molar-refractivity contribution < 1.29 is 19.4 Å². The van der Waals surface area contributed by atoms with E-state index in [4.69, 9.17) is 11.2 Å². The van der Waals surface area contributed by atoms with Gasteiger partial charge in [0.05, 0.1) is 11.5 Å². The van der Waals surface area contributed by atoms with Gasteiger partial charge >= 0.3 is 5.97 Å². The fourth-order valence-corrected chi connectivity index (χ4v) is 10.8. The number of rotatable bonds is 3. The highest BCUT2D eigenvalue weighted by Crippen LogP contribution is 2.75. The van der Waals surface area contributed by atoms with Gasteiger partial charge in [-0.25, -0.2) is 0 Å². The maximum Gasteiger partial charge on any atom is 0.309 e. The molecule has 0 spiro atoms. The van der Waals surface area contributed by atoms with Gasteiger partial charge in [-0.15, -0.1) is 6.42 Å². The molecule has 0 bridgehead atoms. The number of terminal acetylenes is 1. The van der Waals surface area contributed by atoms with Crippen LogP contribution in [0.25, 0.3) is 0 Å². The zero-order valence-corrected chi connectivity index (χ0v) is 24.2. The van der Waals surface area contributed by atoms with Crippen molar-refractivity contribution in [1.82, 2.24) is 0 Å². The van der Waals surface area contributed by atoms with E-state index >= 15 is 0 Å². The van der Waals surface area contributed by atoms with Crippen molar-refractivity contribution in [3.63, 3.8) is 0 Å². The van der Waals surface area contributed by atoms with Crippen molar-refractivity contribution in [2.24, 2.45) is 50.2 Å². The summed E-state index contributed by atoms with van der Waals surface area (Å²) in [4.78, 5) is 26.7. The average Bonchev–Trinajstić information content (AvgIpc) is 2.80. The Hall–Kier alpha value is -1.60. The number of carboxylic acid groups (broad SMARTS) is 1. The van der Waals surface area contributed by atoms with E-state index in [1.807, 2.05) is 13.0 Å². The predicted octanol–water partition coefficient (Wildman–Crippen LogP) is 7.07. The normalized spacial score (nSPS) is 50.4. The highest BCUT2D eigenvalue weighted by Gasteiger charge is 2.70. The van der Waals surface area contributed by atoms with E-state index in [9.17, 15) is 14.7 Å². The van der Waals surface area contributed by atoms with Gasteiger partial charge in [-0.2, -0.15) is 0 Å². The molecule has 4 fully saturated rings. The lowest BCUT2D eigenvalue weighted by Crippen LogP contribution is -2.66. The lowest BCUT2D eigenvalue weighted by atomic mass is 9.33. The number of ether oxygens (including phenoxy) is 1. The SMILES string of the molecule is C#CCO[C@H]1CC[C@]2(C)[C@H]3C(=O)C=C4[C@@H]5C[C@@](C)(C(=O)O)CC[C@]5(C)CC[C@@]4(C)[C@]3(C)CC[C@H]2C1(C)C. The van der Waals surface area contributed by atoms with Crippen LogP contribution in [0.5, 0.6) is 0 Å². The molecule has 1 N–H and O–H groups in total. The summed E-state index contributed by atoms with van der Waals surface area (Å²) in [7, 11) is 0. The van der Waals surface area contributed by atoms with E-state index < -0.39 is 11.4 Å². The molecule has 0 aromatic rings. The van der Waals surface area contributed by atoms with Gasteiger partial charge in [0.15, 0.2) is 5.78 Å². The molecule has 0 aromatic carbocycles. The van der Waals surface area contributed by atoms with Gasteiger partial charge in [-0.3, -0.25) is 9.59 Å². The first kappa shape index (κ1) is 27.0. The minimum Gasteiger partial charge on any atom is -0.481 e. The quantitative estimate of drug-likeness (QED) is 0.414. The van der Waals surface area contributed by atoms with Crippen molar-refractivity contribution in [2.75, 3.05) is 6.61 Å². The molecular weight excluding hydrogens is 460 g/mol. The lowest BCUT2D eigenvalue weighted by Gasteiger charge is -2.70. The summed E-state index contributed by atoms with van der Waals surface area (Å²) in [5.74, 6) is 2.81. The fourth-order valence-electron chi connectivity index (χ4n) is 10.8. The summed E-state index contributed by atoms with van der Waals surface area (Å²) >= 11 is 0. The highest BCUT2D eigenvalue weighted by molar-refractivity contribution is 5.95. The lowest BCUT2D eigenvalue weighted by molar-refractivity contribution is -0.207. The molecule has 0 saturated heterocycles. The largest absolute Gasteiger partial charge is 0.481 e. The third-order valence-corrected chi connectivity index (χ3v) is 13.4. The number of ketones is 1. The molecule has 0 unspecified atom stereocenters. The van der Waals surface area contributed by atoms with Crippen LogP contribution < -0.4 is 0 Å². The standard InChI is InChI=1S/C33H48O4/c1-9-18-37-25-11-12-31(6)24(28(25,2)3)10-13-33(8)26(31)23(34)19-21-22-20-30(5,27(35)36)15-14-29(22,4)16-17-32(21,33)7/h1,19,22,24-26H,10-18,20H2,2-8H3,(H,35,36)/t22-,24-,25-,26+,29+,30-,31-,32+,33+/m0/s1. The molecule has 0 aromatic heterocycles. The Morgan fingerprint density at radius 3 is 2.35 bits per heavy atom. The second kappa shape index (κ2) is 8.20. The first-order valence-electron chi connectivity index (χ1n) is 14.6. The van der Waals surface area contributed by atoms with E-state index in [0.717, 1.165) is 51.4 Å². The Morgan fingerprint density at radius 1 is 1.03 bits per heavy atom. The van der Waals surface area contributed by atoms with Gasteiger partial charge in [-0.05, 0) is 110 Å². The van der Waals surface area contributed by atoms with E-state index in [0.29, 0.717) is 24.7 Å². The second-order valence-electron chi connectivity index (χ2n) is 15.4. The minimum absolute atomic E-state index is 0.0147. The Morgan fingerprint density at radius 2 is 1.70 bits per heavy atom. The van der Waals surface area contributed by atoms with Crippen molar-refractivity contribution in [2.45, 2.75) is 112 Å². The predicted molar refractivity (Wildman–Crippen MR) is 146 cm³/mol. The summed E-state index contributed by atoms with van der Waals surface area (Å²) in [6, 6.07) is 0. The molecule has 204 valence electrons. The maximum atomic E-state index is 14.4. The van der Waals surface area contributed by atoms with E-state index in [-0.39, 0.29) is 45.0 Å². The van der Waals surface area contributed by atoms with Crippen LogP contribution in [-0.4, -0.2) is 29.6 Å². The van der Waals surface area contributed by atoms with Crippen LogP contribution in [-0.2, 0) is 14.3 Å². The summed E-state index contributed by atoms with van der Waals surface area (Å²) in [5, 5.41) is 10.1. The van der Waals surface area contributed by atoms with Crippen LogP contribution in [0.15, 0.2) is 11.6 Å². The van der Waals surface area contributed by atoms with Crippen LogP contribution in [0.4, 0.5) is 0 Å². The van der Waals surface area contributed by atoms with Gasteiger partial charge in [0.25, 0.3) is 0 Å². The Labute approximate surface area is 224 Å². The van der Waals surface area contributed by atoms with Gasteiger partial charge in [0.1, 0.15) is 6.61 Å². The Balaban J connectivity index is 1.57. The maximum absolute atomic E-state index is 14.4. The first-order valence-corrected chi connectivity index (χ1v) is 14.6. The number of hydrogen-bond donors (Lipinski definition) is 1.